The number of thioether (sulfide) groups is 1. The number of nitro groups is 1. The highest BCUT2D eigenvalue weighted by atomic mass is 32.2. The summed E-state index contributed by atoms with van der Waals surface area (Å²) in [6.07, 6.45) is 1.52. The lowest BCUT2D eigenvalue weighted by molar-refractivity contribution is -0.384. The number of amides is 4. The maximum Gasteiger partial charge on any atom is 0.272 e. The Labute approximate surface area is 268 Å². The third-order valence-corrected chi connectivity index (χ3v) is 8.06. The number of anilines is 2. The van der Waals surface area contributed by atoms with Gasteiger partial charge in [-0.25, -0.2) is 4.90 Å². The van der Waals surface area contributed by atoms with Gasteiger partial charge in [0.1, 0.15) is 11.4 Å². The molecule has 11 nitrogen and oxygen atoms in total. The fourth-order valence-electron chi connectivity index (χ4n) is 4.65. The molecule has 1 saturated heterocycles. The first-order chi connectivity index (χ1) is 22.2. The van der Waals surface area contributed by atoms with Gasteiger partial charge in [0.05, 0.1) is 22.5 Å². The van der Waals surface area contributed by atoms with Crippen molar-refractivity contribution in [2.75, 3.05) is 16.8 Å². The fraction of sp³-hybridized carbons (Fsp3) is 0.118. The van der Waals surface area contributed by atoms with Crippen LogP contribution in [0, 0.1) is 10.1 Å². The zero-order valence-corrected chi connectivity index (χ0v) is 25.4. The third-order valence-electron chi connectivity index (χ3n) is 6.86. The van der Waals surface area contributed by atoms with E-state index in [9.17, 15) is 29.3 Å². The molecule has 1 fully saturated rings. The lowest BCUT2D eigenvalue weighted by Gasteiger charge is -2.15. The van der Waals surface area contributed by atoms with E-state index in [0.717, 1.165) is 4.90 Å². The second kappa shape index (κ2) is 14.4. The number of hydrogen-bond donors (Lipinski definition) is 2. The summed E-state index contributed by atoms with van der Waals surface area (Å²) < 4.78 is 5.69. The van der Waals surface area contributed by atoms with Crippen LogP contribution in [0.25, 0.3) is 6.08 Å². The van der Waals surface area contributed by atoms with E-state index in [1.54, 1.807) is 78.9 Å². The number of para-hydroxylation sites is 1. The Kier molecular flexibility index (Phi) is 9.88. The average Bonchev–Trinajstić information content (AvgIpc) is 3.34. The Morgan fingerprint density at radius 3 is 2.30 bits per heavy atom. The van der Waals surface area contributed by atoms with Crippen LogP contribution in [0.3, 0.4) is 0 Å². The summed E-state index contributed by atoms with van der Waals surface area (Å²) >= 11 is 1.20. The van der Waals surface area contributed by atoms with Crippen LogP contribution in [-0.2, 0) is 14.4 Å². The molecule has 1 aliphatic rings. The van der Waals surface area contributed by atoms with Gasteiger partial charge in [0, 0.05) is 40.3 Å². The van der Waals surface area contributed by atoms with Gasteiger partial charge in [0.15, 0.2) is 0 Å². The number of ether oxygens (including phenoxy) is 1. The van der Waals surface area contributed by atoms with Crippen molar-refractivity contribution in [3.8, 4) is 5.75 Å². The molecule has 1 unspecified atom stereocenters. The van der Waals surface area contributed by atoms with Crippen LogP contribution in [-0.4, -0.2) is 40.4 Å². The molecular formula is C34H28N4O7S. The first kappa shape index (κ1) is 31.7. The summed E-state index contributed by atoms with van der Waals surface area (Å²) in [5, 5.41) is 15.8. The van der Waals surface area contributed by atoms with E-state index in [4.69, 9.17) is 4.74 Å². The highest BCUT2D eigenvalue weighted by Crippen LogP contribution is 2.35. The molecule has 2 N–H and O–H groups in total. The van der Waals surface area contributed by atoms with Crippen molar-refractivity contribution in [1.29, 1.82) is 0 Å². The van der Waals surface area contributed by atoms with Crippen molar-refractivity contribution in [1.82, 2.24) is 5.32 Å². The van der Waals surface area contributed by atoms with Crippen LogP contribution in [0.15, 0.2) is 114 Å². The number of benzene rings is 4. The monoisotopic (exact) mass is 636 g/mol. The number of nitrogens with one attached hydrogen (secondary N) is 2. The van der Waals surface area contributed by atoms with Crippen LogP contribution >= 0.6 is 11.8 Å². The van der Waals surface area contributed by atoms with E-state index in [1.165, 1.54) is 36.0 Å². The molecule has 0 spiro atoms. The van der Waals surface area contributed by atoms with E-state index in [2.05, 4.69) is 10.6 Å². The molecule has 46 heavy (non-hydrogen) atoms. The number of rotatable bonds is 11. The number of imide groups is 1. The van der Waals surface area contributed by atoms with Gasteiger partial charge in [0.25, 0.3) is 17.5 Å². The number of hydrogen-bond acceptors (Lipinski definition) is 8. The third kappa shape index (κ3) is 7.48. The molecule has 4 aromatic rings. The lowest BCUT2D eigenvalue weighted by atomic mass is 10.1. The van der Waals surface area contributed by atoms with E-state index in [0.29, 0.717) is 34.1 Å². The van der Waals surface area contributed by atoms with Crippen molar-refractivity contribution in [2.24, 2.45) is 0 Å². The van der Waals surface area contributed by atoms with E-state index in [-0.39, 0.29) is 23.5 Å². The second-order valence-corrected chi connectivity index (χ2v) is 11.3. The second-order valence-electron chi connectivity index (χ2n) is 9.98. The van der Waals surface area contributed by atoms with Gasteiger partial charge in [-0.15, -0.1) is 11.8 Å². The summed E-state index contributed by atoms with van der Waals surface area (Å²) in [5.41, 5.74) is 1.56. The normalized spacial score (nSPS) is 14.6. The molecule has 1 aliphatic heterocycles. The van der Waals surface area contributed by atoms with Crippen molar-refractivity contribution >= 4 is 58.5 Å². The molecule has 0 aromatic heterocycles. The molecule has 232 valence electrons. The summed E-state index contributed by atoms with van der Waals surface area (Å²) in [4.78, 5) is 64.3. The van der Waals surface area contributed by atoms with Crippen LogP contribution in [0.2, 0.25) is 0 Å². The van der Waals surface area contributed by atoms with E-state index in [1.807, 2.05) is 13.0 Å². The van der Waals surface area contributed by atoms with Gasteiger partial charge in [0.2, 0.25) is 11.8 Å². The minimum Gasteiger partial charge on any atom is -0.493 e. The Bertz CT molecular complexity index is 1810. The number of non-ortho nitro benzene ring substituents is 1. The Morgan fingerprint density at radius 1 is 0.957 bits per heavy atom. The van der Waals surface area contributed by atoms with Crippen LogP contribution in [0.4, 0.5) is 17.1 Å². The first-order valence-corrected chi connectivity index (χ1v) is 15.1. The predicted molar refractivity (Wildman–Crippen MR) is 174 cm³/mol. The average molecular weight is 637 g/mol. The van der Waals surface area contributed by atoms with Gasteiger partial charge >= 0.3 is 0 Å². The largest absolute Gasteiger partial charge is 0.493 e. The molecule has 0 saturated carbocycles. The zero-order chi connectivity index (χ0) is 32.6. The first-order valence-electron chi connectivity index (χ1n) is 14.2. The smallest absolute Gasteiger partial charge is 0.272 e. The SMILES string of the molecule is CCOc1ccccc1/C=C(\NC(=O)c1ccccc1)C(=O)Nc1ccc(SC2CC(=O)N(c3ccc([N+](=O)[O-])cc3)C2=O)cc1. The molecule has 12 heteroatoms. The van der Waals surface area contributed by atoms with Gasteiger partial charge in [-0.1, -0.05) is 36.4 Å². The molecule has 4 amide bonds. The number of carbonyl (C=O) groups excluding carboxylic acids is 4. The molecule has 0 aliphatic carbocycles. The highest BCUT2D eigenvalue weighted by Gasteiger charge is 2.40. The van der Waals surface area contributed by atoms with E-state index >= 15 is 0 Å². The molecule has 1 heterocycles. The Morgan fingerprint density at radius 2 is 1.63 bits per heavy atom. The van der Waals surface area contributed by atoms with Gasteiger partial charge in [-0.2, -0.15) is 0 Å². The molecule has 0 bridgehead atoms. The molecule has 1 atom stereocenters. The topological polar surface area (TPSA) is 148 Å². The Balaban J connectivity index is 1.29. The lowest BCUT2D eigenvalue weighted by Crippen LogP contribution is -2.31. The maximum absolute atomic E-state index is 13.5. The molecule has 0 radical (unpaired) electrons. The molecule has 4 aromatic carbocycles. The maximum atomic E-state index is 13.5. The van der Waals surface area contributed by atoms with Crippen molar-refractivity contribution in [2.45, 2.75) is 23.5 Å². The summed E-state index contributed by atoms with van der Waals surface area (Å²) in [6, 6.07) is 27.6. The summed E-state index contributed by atoms with van der Waals surface area (Å²) in [6.45, 7) is 2.27. The van der Waals surface area contributed by atoms with Crippen LogP contribution in [0.5, 0.6) is 5.75 Å². The molecule has 5 rings (SSSR count). The van der Waals surface area contributed by atoms with E-state index < -0.39 is 33.8 Å². The fourth-order valence-corrected chi connectivity index (χ4v) is 5.71. The summed E-state index contributed by atoms with van der Waals surface area (Å²) in [7, 11) is 0. The van der Waals surface area contributed by atoms with Crippen molar-refractivity contribution in [3.63, 3.8) is 0 Å². The number of nitrogens with zero attached hydrogens (tertiary/aromatic N) is 2. The minimum absolute atomic E-state index is 0.000794. The van der Waals surface area contributed by atoms with Crippen molar-refractivity contribution in [3.05, 3.63) is 130 Å². The summed E-state index contributed by atoms with van der Waals surface area (Å²) in [5.74, 6) is -1.29. The van der Waals surface area contributed by atoms with Crippen molar-refractivity contribution < 1.29 is 28.8 Å². The number of nitro benzene ring substituents is 1. The predicted octanol–water partition coefficient (Wildman–Crippen LogP) is 5.83. The zero-order valence-electron chi connectivity index (χ0n) is 24.5. The van der Waals surface area contributed by atoms with Crippen LogP contribution in [0.1, 0.15) is 29.3 Å². The van der Waals surface area contributed by atoms with Gasteiger partial charge in [-0.3, -0.25) is 29.3 Å². The minimum atomic E-state index is -0.684. The van der Waals surface area contributed by atoms with Crippen LogP contribution < -0.4 is 20.3 Å². The van der Waals surface area contributed by atoms with Gasteiger partial charge < -0.3 is 15.4 Å². The highest BCUT2D eigenvalue weighted by molar-refractivity contribution is 8.00. The quantitative estimate of drug-likeness (QED) is 0.0905. The molecular weight excluding hydrogens is 608 g/mol. The standard InChI is InChI=1S/C34H28N4O7S/c1-2-45-29-11-7-6-10-23(29)20-28(36-32(40)22-8-4-3-5-9-22)33(41)35-24-12-18-27(19-13-24)46-30-21-31(39)37(34(30)42)25-14-16-26(17-15-25)38(43)44/h3-20,30H,2,21H2,1H3,(H,35,41)(H,36,40)/b28-20-. The Hall–Kier alpha value is -5.75. The van der Waals surface area contributed by atoms with Gasteiger partial charge in [-0.05, 0) is 67.6 Å². The number of carbonyl (C=O) groups is 4.